The first kappa shape index (κ1) is 15.9. The fourth-order valence-corrected chi connectivity index (χ4v) is 1.47. The SMILES string of the molecule is C=C(Br)CN(CCC(F)(F)F)C[C@H](O)CO. The van der Waals surface area contributed by atoms with Gasteiger partial charge in [0, 0.05) is 24.1 Å². The third-order valence-corrected chi connectivity index (χ3v) is 2.04. The largest absolute Gasteiger partial charge is 0.394 e. The molecule has 3 nitrogen and oxygen atoms in total. The van der Waals surface area contributed by atoms with Crippen LogP contribution >= 0.6 is 15.9 Å². The van der Waals surface area contributed by atoms with Gasteiger partial charge >= 0.3 is 6.18 Å². The fourth-order valence-electron chi connectivity index (χ4n) is 1.12. The van der Waals surface area contributed by atoms with Crippen LogP contribution in [0.15, 0.2) is 11.1 Å². The second-order valence-electron chi connectivity index (χ2n) is 3.45. The summed E-state index contributed by atoms with van der Waals surface area (Å²) in [6.45, 7) is 3.00. The van der Waals surface area contributed by atoms with Gasteiger partial charge in [-0.2, -0.15) is 13.2 Å². The van der Waals surface area contributed by atoms with Gasteiger partial charge in [0.2, 0.25) is 0 Å². The molecule has 0 aliphatic carbocycles. The lowest BCUT2D eigenvalue weighted by molar-refractivity contribution is -0.138. The highest BCUT2D eigenvalue weighted by Crippen LogP contribution is 2.20. The molecule has 1 atom stereocenters. The van der Waals surface area contributed by atoms with E-state index in [1.165, 1.54) is 4.90 Å². The summed E-state index contributed by atoms with van der Waals surface area (Å²) in [6.07, 6.45) is -6.22. The van der Waals surface area contributed by atoms with Crippen LogP contribution in [0.5, 0.6) is 0 Å². The van der Waals surface area contributed by atoms with E-state index in [0.717, 1.165) is 0 Å². The molecule has 0 aliphatic heterocycles. The Balaban J connectivity index is 4.15. The number of rotatable bonds is 7. The van der Waals surface area contributed by atoms with Crippen LogP contribution in [-0.4, -0.2) is 53.6 Å². The van der Waals surface area contributed by atoms with Crippen molar-refractivity contribution in [3.05, 3.63) is 11.1 Å². The zero-order chi connectivity index (χ0) is 12.8. The average molecular weight is 306 g/mol. The Bertz CT molecular complexity index is 223. The summed E-state index contributed by atoms with van der Waals surface area (Å²) in [4.78, 5) is 1.38. The van der Waals surface area contributed by atoms with Gasteiger partial charge in [0.1, 0.15) is 0 Å². The zero-order valence-electron chi connectivity index (χ0n) is 8.67. The minimum Gasteiger partial charge on any atom is -0.394 e. The normalized spacial score (nSPS) is 14.2. The smallest absolute Gasteiger partial charge is 0.390 e. The van der Waals surface area contributed by atoms with E-state index in [2.05, 4.69) is 22.5 Å². The molecule has 0 heterocycles. The second-order valence-corrected chi connectivity index (χ2v) is 4.58. The maximum absolute atomic E-state index is 12.0. The van der Waals surface area contributed by atoms with Gasteiger partial charge in [0.05, 0.1) is 19.1 Å². The van der Waals surface area contributed by atoms with Crippen molar-refractivity contribution >= 4 is 15.9 Å². The quantitative estimate of drug-likeness (QED) is 0.749. The highest BCUT2D eigenvalue weighted by atomic mass is 79.9. The molecule has 0 unspecified atom stereocenters. The van der Waals surface area contributed by atoms with Crippen LogP contribution < -0.4 is 0 Å². The Hall–Kier alpha value is -0.110. The highest BCUT2D eigenvalue weighted by Gasteiger charge is 2.28. The van der Waals surface area contributed by atoms with Gasteiger partial charge in [-0.05, 0) is 0 Å². The van der Waals surface area contributed by atoms with E-state index >= 15 is 0 Å². The van der Waals surface area contributed by atoms with E-state index in [9.17, 15) is 13.2 Å². The molecule has 0 bridgehead atoms. The number of nitrogens with zero attached hydrogens (tertiary/aromatic N) is 1. The van der Waals surface area contributed by atoms with E-state index < -0.39 is 25.3 Å². The number of alkyl halides is 3. The Morgan fingerprint density at radius 2 is 2.00 bits per heavy atom. The predicted octanol–water partition coefficient (Wildman–Crippen LogP) is 1.50. The van der Waals surface area contributed by atoms with E-state index in [4.69, 9.17) is 10.2 Å². The summed E-state index contributed by atoms with van der Waals surface area (Å²) in [5, 5.41) is 17.8. The molecule has 2 N–H and O–H groups in total. The minimum atomic E-state index is -4.23. The molecule has 0 spiro atoms. The summed E-state index contributed by atoms with van der Waals surface area (Å²) >= 11 is 3.05. The summed E-state index contributed by atoms with van der Waals surface area (Å²) in [5.74, 6) is 0. The molecule has 7 heteroatoms. The third kappa shape index (κ3) is 9.14. The van der Waals surface area contributed by atoms with Gasteiger partial charge in [-0.15, -0.1) is 0 Å². The number of aliphatic hydroxyl groups is 2. The van der Waals surface area contributed by atoms with Crippen LogP contribution in [-0.2, 0) is 0 Å². The third-order valence-electron chi connectivity index (χ3n) is 1.79. The van der Waals surface area contributed by atoms with Crippen LogP contribution in [0, 0.1) is 0 Å². The van der Waals surface area contributed by atoms with E-state index in [1.807, 2.05) is 0 Å². The molecule has 0 fully saturated rings. The van der Waals surface area contributed by atoms with Crippen molar-refractivity contribution < 1.29 is 23.4 Å². The van der Waals surface area contributed by atoms with E-state index in [-0.39, 0.29) is 19.6 Å². The Kier molecular flexibility index (Phi) is 7.21. The molecule has 0 aromatic carbocycles. The number of hydrogen-bond donors (Lipinski definition) is 2. The monoisotopic (exact) mass is 305 g/mol. The average Bonchev–Trinajstić information content (AvgIpc) is 2.12. The maximum Gasteiger partial charge on any atom is 0.390 e. The summed E-state index contributed by atoms with van der Waals surface area (Å²) in [6, 6.07) is 0. The summed E-state index contributed by atoms with van der Waals surface area (Å²) in [5.41, 5.74) is 0. The minimum absolute atomic E-state index is 0.0167. The van der Waals surface area contributed by atoms with Crippen molar-refractivity contribution in [2.24, 2.45) is 0 Å². The Morgan fingerprint density at radius 1 is 1.44 bits per heavy atom. The van der Waals surface area contributed by atoms with E-state index in [0.29, 0.717) is 4.48 Å². The predicted molar refractivity (Wildman–Crippen MR) is 58.3 cm³/mol. The van der Waals surface area contributed by atoms with Crippen molar-refractivity contribution in [2.75, 3.05) is 26.2 Å². The molecule has 0 saturated heterocycles. The lowest BCUT2D eigenvalue weighted by atomic mass is 10.3. The molecule has 0 rings (SSSR count). The lowest BCUT2D eigenvalue weighted by Gasteiger charge is -2.24. The first-order valence-corrected chi connectivity index (χ1v) is 5.45. The van der Waals surface area contributed by atoms with Crippen LogP contribution in [0.1, 0.15) is 6.42 Å². The number of halogens is 4. The molecule has 0 amide bonds. The van der Waals surface area contributed by atoms with Gasteiger partial charge in [-0.1, -0.05) is 22.5 Å². The van der Waals surface area contributed by atoms with Gasteiger partial charge in [0.15, 0.2) is 0 Å². The van der Waals surface area contributed by atoms with Crippen LogP contribution in [0.25, 0.3) is 0 Å². The summed E-state index contributed by atoms with van der Waals surface area (Å²) < 4.78 is 36.5. The van der Waals surface area contributed by atoms with Crippen molar-refractivity contribution in [1.82, 2.24) is 4.90 Å². The van der Waals surface area contributed by atoms with Crippen LogP contribution in [0.3, 0.4) is 0 Å². The lowest BCUT2D eigenvalue weighted by Crippen LogP contribution is -2.37. The molecule has 0 aromatic rings. The standard InChI is InChI=1S/C9H15BrF3NO2/c1-7(10)4-14(5-8(16)6-15)3-2-9(11,12)13/h8,15-16H,1-6H2/t8-/m0/s1. The molecule has 16 heavy (non-hydrogen) atoms. The van der Waals surface area contributed by atoms with Gasteiger partial charge in [0.25, 0.3) is 0 Å². The molecule has 0 aromatic heterocycles. The van der Waals surface area contributed by atoms with Crippen molar-refractivity contribution in [2.45, 2.75) is 18.7 Å². The van der Waals surface area contributed by atoms with E-state index in [1.54, 1.807) is 0 Å². The van der Waals surface area contributed by atoms with Gasteiger partial charge in [-0.25, -0.2) is 0 Å². The molecular weight excluding hydrogens is 291 g/mol. The van der Waals surface area contributed by atoms with Gasteiger partial charge < -0.3 is 10.2 Å². The fraction of sp³-hybridized carbons (Fsp3) is 0.778. The Morgan fingerprint density at radius 3 is 2.38 bits per heavy atom. The van der Waals surface area contributed by atoms with Crippen LogP contribution in [0.2, 0.25) is 0 Å². The maximum atomic E-state index is 12.0. The first-order valence-electron chi connectivity index (χ1n) is 4.66. The van der Waals surface area contributed by atoms with Crippen molar-refractivity contribution in [3.63, 3.8) is 0 Å². The first-order chi connectivity index (χ1) is 7.24. The molecule has 0 saturated carbocycles. The second kappa shape index (κ2) is 7.26. The van der Waals surface area contributed by atoms with Crippen molar-refractivity contribution in [3.8, 4) is 0 Å². The summed E-state index contributed by atoms with van der Waals surface area (Å²) in [7, 11) is 0. The van der Waals surface area contributed by atoms with Crippen LogP contribution in [0.4, 0.5) is 13.2 Å². The molecular formula is C9H15BrF3NO2. The zero-order valence-corrected chi connectivity index (χ0v) is 10.3. The molecule has 0 aliphatic rings. The van der Waals surface area contributed by atoms with Crippen molar-refractivity contribution in [1.29, 1.82) is 0 Å². The molecule has 0 radical (unpaired) electrons. The molecule has 96 valence electrons. The number of hydrogen-bond acceptors (Lipinski definition) is 3. The number of aliphatic hydroxyl groups excluding tert-OH is 2. The van der Waals surface area contributed by atoms with Gasteiger partial charge in [-0.3, -0.25) is 4.90 Å². The highest BCUT2D eigenvalue weighted by molar-refractivity contribution is 9.11. The topological polar surface area (TPSA) is 43.7 Å². The Labute approximate surface area is 101 Å².